The van der Waals surface area contributed by atoms with E-state index in [4.69, 9.17) is 5.26 Å². The average Bonchev–Trinajstić information content (AvgIpc) is 2.61. The Morgan fingerprint density at radius 1 is 1.17 bits per heavy atom. The number of aryl methyl sites for hydroxylation is 1. The van der Waals surface area contributed by atoms with Crippen molar-refractivity contribution in [3.8, 4) is 6.07 Å². The number of rotatable bonds is 4. The highest BCUT2D eigenvalue weighted by molar-refractivity contribution is 7.88. The minimum absolute atomic E-state index is 0.0477. The summed E-state index contributed by atoms with van der Waals surface area (Å²) in [5.74, 6) is -0.0477. The van der Waals surface area contributed by atoms with Crippen molar-refractivity contribution in [1.29, 1.82) is 5.26 Å². The van der Waals surface area contributed by atoms with Gasteiger partial charge in [0.1, 0.15) is 0 Å². The third kappa shape index (κ3) is 3.35. The van der Waals surface area contributed by atoms with Crippen molar-refractivity contribution >= 4 is 10.0 Å². The monoisotopic (exact) mass is 340 g/mol. The molecule has 0 aliphatic heterocycles. The summed E-state index contributed by atoms with van der Waals surface area (Å²) in [5, 5.41) is 8.84. The number of hydrogen-bond donors (Lipinski definition) is 0. The molecule has 0 saturated heterocycles. The van der Waals surface area contributed by atoms with Gasteiger partial charge >= 0.3 is 0 Å². The van der Waals surface area contributed by atoms with Crippen LogP contribution in [0.4, 0.5) is 0 Å². The molecule has 0 spiro atoms. The Morgan fingerprint density at radius 2 is 1.88 bits per heavy atom. The zero-order valence-electron chi connectivity index (χ0n) is 13.6. The summed E-state index contributed by atoms with van der Waals surface area (Å²) in [6, 6.07) is 16.8. The molecular formula is C19H20N2O2S. The van der Waals surface area contributed by atoms with Crippen LogP contribution in [0.1, 0.15) is 41.1 Å². The quantitative estimate of drug-likeness (QED) is 0.857. The van der Waals surface area contributed by atoms with Crippen LogP contribution in [-0.2, 0) is 22.2 Å². The van der Waals surface area contributed by atoms with Crippen molar-refractivity contribution in [3.63, 3.8) is 0 Å². The van der Waals surface area contributed by atoms with Crippen molar-refractivity contribution in [2.24, 2.45) is 0 Å². The molecule has 0 saturated carbocycles. The molecule has 2 aromatic carbocycles. The molecule has 0 bridgehead atoms. The first-order valence-electron chi connectivity index (χ1n) is 8.04. The van der Waals surface area contributed by atoms with Gasteiger partial charge in [-0.1, -0.05) is 36.4 Å². The molecule has 0 heterocycles. The Labute approximate surface area is 143 Å². The Balaban J connectivity index is 1.83. The highest BCUT2D eigenvalue weighted by Gasteiger charge is 2.30. The second-order valence-electron chi connectivity index (χ2n) is 6.19. The molecule has 0 fully saturated rings. The molecule has 24 heavy (non-hydrogen) atoms. The second kappa shape index (κ2) is 6.76. The zero-order chi connectivity index (χ0) is 17.2. The number of nitrogens with zero attached hydrogens (tertiary/aromatic N) is 2. The summed E-state index contributed by atoms with van der Waals surface area (Å²) in [5.41, 5.74) is 3.60. The van der Waals surface area contributed by atoms with Gasteiger partial charge in [0, 0.05) is 13.1 Å². The van der Waals surface area contributed by atoms with E-state index in [1.807, 2.05) is 24.3 Å². The van der Waals surface area contributed by atoms with E-state index in [9.17, 15) is 8.42 Å². The minimum Gasteiger partial charge on any atom is -0.212 e. The van der Waals surface area contributed by atoms with Crippen molar-refractivity contribution in [1.82, 2.24) is 4.31 Å². The van der Waals surface area contributed by atoms with Gasteiger partial charge in [0.25, 0.3) is 0 Å². The molecule has 0 unspecified atom stereocenters. The van der Waals surface area contributed by atoms with Crippen molar-refractivity contribution in [2.45, 2.75) is 31.1 Å². The summed E-state index contributed by atoms with van der Waals surface area (Å²) >= 11 is 0. The Bertz CT molecular complexity index is 867. The lowest BCUT2D eigenvalue weighted by molar-refractivity contribution is 0.337. The van der Waals surface area contributed by atoms with E-state index in [2.05, 4.69) is 6.07 Å². The molecule has 0 amide bonds. The molecule has 4 nitrogen and oxygen atoms in total. The fourth-order valence-electron chi connectivity index (χ4n) is 3.29. The first-order valence-corrected chi connectivity index (χ1v) is 9.65. The fraction of sp³-hybridized carbons (Fsp3) is 0.316. The van der Waals surface area contributed by atoms with Crippen molar-refractivity contribution in [3.05, 3.63) is 70.8 Å². The molecule has 0 radical (unpaired) electrons. The van der Waals surface area contributed by atoms with Gasteiger partial charge in [-0.05, 0) is 48.1 Å². The van der Waals surface area contributed by atoms with Crippen molar-refractivity contribution in [2.75, 3.05) is 7.05 Å². The predicted molar refractivity (Wildman–Crippen MR) is 93.7 cm³/mol. The van der Waals surface area contributed by atoms with Gasteiger partial charge in [0.15, 0.2) is 0 Å². The third-order valence-electron chi connectivity index (χ3n) is 4.65. The third-order valence-corrected chi connectivity index (χ3v) is 6.48. The van der Waals surface area contributed by atoms with E-state index >= 15 is 0 Å². The van der Waals surface area contributed by atoms with Crippen LogP contribution in [0.2, 0.25) is 0 Å². The highest BCUT2D eigenvalue weighted by Crippen LogP contribution is 2.35. The van der Waals surface area contributed by atoms with Crippen LogP contribution in [0.25, 0.3) is 0 Å². The van der Waals surface area contributed by atoms with Crippen LogP contribution in [-0.4, -0.2) is 19.8 Å². The molecule has 5 heteroatoms. The molecular weight excluding hydrogens is 320 g/mol. The first kappa shape index (κ1) is 16.7. The number of nitriles is 1. The standard InChI is InChI=1S/C19H20N2O2S/c1-21(19-8-4-6-17-5-2-3-7-18(17)19)24(22,23)14-16-11-9-15(13-20)10-12-16/h2-3,5,7,9-12,19H,4,6,8,14H2,1H3/t19-/m1/s1. The maximum absolute atomic E-state index is 12.8. The van der Waals surface area contributed by atoms with E-state index in [0.29, 0.717) is 11.1 Å². The van der Waals surface area contributed by atoms with Gasteiger partial charge in [0.05, 0.1) is 17.4 Å². The lowest BCUT2D eigenvalue weighted by atomic mass is 9.88. The average molecular weight is 340 g/mol. The molecule has 1 aliphatic carbocycles. The molecule has 1 atom stereocenters. The van der Waals surface area contributed by atoms with Crippen molar-refractivity contribution < 1.29 is 8.42 Å². The first-order chi connectivity index (χ1) is 11.5. The summed E-state index contributed by atoms with van der Waals surface area (Å²) in [4.78, 5) is 0. The summed E-state index contributed by atoms with van der Waals surface area (Å²) in [6.45, 7) is 0. The van der Waals surface area contributed by atoms with E-state index in [1.165, 1.54) is 9.87 Å². The molecule has 2 aromatic rings. The maximum Gasteiger partial charge on any atom is 0.218 e. The number of hydrogen-bond acceptors (Lipinski definition) is 3. The second-order valence-corrected chi connectivity index (χ2v) is 8.22. The predicted octanol–water partition coefficient (Wildman–Crippen LogP) is 3.40. The van der Waals surface area contributed by atoms with Gasteiger partial charge < -0.3 is 0 Å². The molecule has 0 N–H and O–H groups in total. The van der Waals surface area contributed by atoms with Crippen LogP contribution < -0.4 is 0 Å². The molecule has 0 aromatic heterocycles. The lowest BCUT2D eigenvalue weighted by Gasteiger charge is -2.32. The highest BCUT2D eigenvalue weighted by atomic mass is 32.2. The zero-order valence-corrected chi connectivity index (χ0v) is 14.5. The maximum atomic E-state index is 12.8. The normalized spacial score (nSPS) is 17.3. The smallest absolute Gasteiger partial charge is 0.212 e. The van der Waals surface area contributed by atoms with Gasteiger partial charge in [-0.25, -0.2) is 8.42 Å². The topological polar surface area (TPSA) is 61.2 Å². The molecule has 124 valence electrons. The SMILES string of the molecule is CN([C@@H]1CCCc2ccccc21)S(=O)(=O)Cc1ccc(C#N)cc1. The Kier molecular flexibility index (Phi) is 4.70. The van der Waals surface area contributed by atoms with E-state index < -0.39 is 10.0 Å². The Hall–Kier alpha value is -2.16. The van der Waals surface area contributed by atoms with Crippen LogP contribution in [0.15, 0.2) is 48.5 Å². The van der Waals surface area contributed by atoms with E-state index in [1.54, 1.807) is 31.3 Å². The fourth-order valence-corrected chi connectivity index (χ4v) is 4.71. The largest absolute Gasteiger partial charge is 0.218 e. The summed E-state index contributed by atoms with van der Waals surface area (Å²) in [7, 11) is -1.75. The van der Waals surface area contributed by atoms with Crippen LogP contribution in [0.3, 0.4) is 0 Å². The molecule has 1 aliphatic rings. The number of fused-ring (bicyclic) bond motifs is 1. The van der Waals surface area contributed by atoms with Gasteiger partial charge in [-0.15, -0.1) is 0 Å². The number of sulfonamides is 1. The lowest BCUT2D eigenvalue weighted by Crippen LogP contribution is -2.34. The number of benzene rings is 2. The van der Waals surface area contributed by atoms with Crippen LogP contribution in [0.5, 0.6) is 0 Å². The van der Waals surface area contributed by atoms with Gasteiger partial charge in [-0.2, -0.15) is 9.57 Å². The van der Waals surface area contributed by atoms with Crippen LogP contribution >= 0.6 is 0 Å². The minimum atomic E-state index is -3.42. The van der Waals surface area contributed by atoms with Gasteiger partial charge in [0.2, 0.25) is 10.0 Å². The summed E-state index contributed by atoms with van der Waals surface area (Å²) in [6.07, 6.45) is 2.86. The van der Waals surface area contributed by atoms with E-state index in [-0.39, 0.29) is 11.8 Å². The van der Waals surface area contributed by atoms with Gasteiger partial charge in [-0.3, -0.25) is 0 Å². The van der Waals surface area contributed by atoms with E-state index in [0.717, 1.165) is 24.8 Å². The summed E-state index contributed by atoms with van der Waals surface area (Å²) < 4.78 is 27.2. The molecule has 3 rings (SSSR count). The van der Waals surface area contributed by atoms with Crippen LogP contribution in [0, 0.1) is 11.3 Å². The Morgan fingerprint density at radius 3 is 2.58 bits per heavy atom.